The Morgan fingerprint density at radius 1 is 0.429 bits per heavy atom. The molecular formula is C2H8Al2O3. The summed E-state index contributed by atoms with van der Waals surface area (Å²) in [6, 6.07) is 0. The van der Waals surface area contributed by atoms with Crippen molar-refractivity contribution in [3.8, 4) is 0 Å². The van der Waals surface area contributed by atoms with Gasteiger partial charge in [-0.05, 0) is 0 Å². The van der Waals surface area contributed by atoms with Crippen LogP contribution in [0.2, 0.25) is 0 Å². The number of hydrogen-bond acceptors (Lipinski definition) is 0. The Balaban J connectivity index is 0. The summed E-state index contributed by atoms with van der Waals surface area (Å²) in [4.78, 5) is 0. The molecule has 0 N–H and O–H groups in total. The largest absolute Gasteiger partial charge is 3.00 e. The van der Waals surface area contributed by atoms with Gasteiger partial charge in [0, 0.05) is 0 Å². The molecule has 7 heavy (non-hydrogen) atoms. The predicted octanol–water partition coefficient (Wildman–Crippen LogP) is 0.154. The first kappa shape index (κ1) is 429. The van der Waals surface area contributed by atoms with Crippen molar-refractivity contribution in [2.24, 2.45) is 0 Å². The molecule has 0 radical (unpaired) electrons. The van der Waals surface area contributed by atoms with Gasteiger partial charge < -0.3 is 16.4 Å². The Bertz CT molecular complexity index is 10.9. The maximum atomic E-state index is 0. The average molecular weight is 134 g/mol. The number of rotatable bonds is 0. The van der Waals surface area contributed by atoms with Gasteiger partial charge in [0.15, 0.2) is 0 Å². The quantitative estimate of drug-likeness (QED) is 0.422. The standard InChI is InChI=1S/2CH4.2Al.3O/h2*1H4;;;;;/q;;2*+3;3*-2. The zero-order valence-electron chi connectivity index (χ0n) is 2.38. The first-order valence-electron chi connectivity index (χ1n) is 0. The maximum absolute atomic E-state index is 0. The number of hydrogen-bond donors (Lipinski definition) is 0. The van der Waals surface area contributed by atoms with Gasteiger partial charge in [0.1, 0.15) is 0 Å². The van der Waals surface area contributed by atoms with Gasteiger partial charge in [-0.15, -0.1) is 0 Å². The van der Waals surface area contributed by atoms with E-state index < -0.39 is 0 Å². The van der Waals surface area contributed by atoms with Crippen molar-refractivity contribution in [2.45, 2.75) is 14.9 Å². The summed E-state index contributed by atoms with van der Waals surface area (Å²) in [6.07, 6.45) is 0. The normalized spacial score (nSPS) is 0. The minimum absolute atomic E-state index is 0. The van der Waals surface area contributed by atoms with Crippen LogP contribution in [0.15, 0.2) is 0 Å². The first-order chi connectivity index (χ1) is 0. The van der Waals surface area contributed by atoms with Crippen LogP contribution in [0.25, 0.3) is 0 Å². The van der Waals surface area contributed by atoms with E-state index in [0.717, 1.165) is 0 Å². The van der Waals surface area contributed by atoms with Crippen LogP contribution in [-0.4, -0.2) is 34.7 Å². The second-order valence-electron chi connectivity index (χ2n) is 0. The van der Waals surface area contributed by atoms with Gasteiger partial charge in [-0.1, -0.05) is 14.9 Å². The fourth-order valence-corrected chi connectivity index (χ4v) is 0. The molecule has 0 aromatic heterocycles. The van der Waals surface area contributed by atoms with Crippen molar-refractivity contribution in [1.29, 1.82) is 0 Å². The van der Waals surface area contributed by atoms with Crippen LogP contribution in [0.3, 0.4) is 0 Å². The van der Waals surface area contributed by atoms with E-state index in [1.165, 1.54) is 0 Å². The molecule has 0 saturated carbocycles. The molecule has 0 aliphatic carbocycles. The van der Waals surface area contributed by atoms with Crippen molar-refractivity contribution in [3.63, 3.8) is 0 Å². The molecule has 0 spiro atoms. The van der Waals surface area contributed by atoms with Crippen molar-refractivity contribution in [1.82, 2.24) is 0 Å². The summed E-state index contributed by atoms with van der Waals surface area (Å²) in [5.74, 6) is 0. The predicted molar refractivity (Wildman–Crippen MR) is 27.0 cm³/mol. The summed E-state index contributed by atoms with van der Waals surface area (Å²) in [5, 5.41) is 0. The van der Waals surface area contributed by atoms with Gasteiger partial charge in [0.25, 0.3) is 0 Å². The van der Waals surface area contributed by atoms with Crippen LogP contribution in [0.1, 0.15) is 14.9 Å². The molecule has 0 unspecified atom stereocenters. The fourth-order valence-electron chi connectivity index (χ4n) is 0. The minimum atomic E-state index is 0. The zero-order valence-corrected chi connectivity index (χ0v) is 4.69. The van der Waals surface area contributed by atoms with Crippen molar-refractivity contribution in [2.75, 3.05) is 0 Å². The Labute approximate surface area is 66.3 Å². The molecule has 0 saturated heterocycles. The Kier molecular flexibility index (Phi) is 16900. The second-order valence-corrected chi connectivity index (χ2v) is 0. The molecule has 0 aromatic carbocycles. The SMILES string of the molecule is C.C.[Al+3].[Al+3].[O-2].[O-2].[O-2]. The summed E-state index contributed by atoms with van der Waals surface area (Å²) < 4.78 is 0. The Morgan fingerprint density at radius 2 is 0.429 bits per heavy atom. The van der Waals surface area contributed by atoms with E-state index in [0.29, 0.717) is 0 Å². The minimum Gasteiger partial charge on any atom is -2.00 e. The summed E-state index contributed by atoms with van der Waals surface area (Å²) in [7, 11) is 0. The monoisotopic (exact) mass is 134 g/mol. The van der Waals surface area contributed by atoms with Crippen LogP contribution in [-0.2, 0) is 16.4 Å². The smallest absolute Gasteiger partial charge is 2.00 e. The summed E-state index contributed by atoms with van der Waals surface area (Å²) >= 11 is 0. The third-order valence-electron chi connectivity index (χ3n) is 0. The first-order valence-corrected chi connectivity index (χ1v) is 0. The molecule has 0 amide bonds. The molecule has 0 heterocycles. The van der Waals surface area contributed by atoms with Gasteiger partial charge in [-0.2, -0.15) is 0 Å². The van der Waals surface area contributed by atoms with Gasteiger partial charge in [-0.3, -0.25) is 0 Å². The molecule has 0 bridgehead atoms. The van der Waals surface area contributed by atoms with E-state index in [4.69, 9.17) is 0 Å². The van der Waals surface area contributed by atoms with Crippen LogP contribution < -0.4 is 0 Å². The molecule has 0 aliphatic rings. The zero-order chi connectivity index (χ0) is 0. The van der Waals surface area contributed by atoms with E-state index in [2.05, 4.69) is 0 Å². The molecular weight excluding hydrogens is 126 g/mol. The Morgan fingerprint density at radius 3 is 0.429 bits per heavy atom. The molecule has 0 aromatic rings. The van der Waals surface area contributed by atoms with Crippen molar-refractivity contribution in [3.05, 3.63) is 0 Å². The molecule has 0 atom stereocenters. The Hall–Kier alpha value is 0.945. The van der Waals surface area contributed by atoms with Crippen LogP contribution >= 0.6 is 0 Å². The molecule has 5 heteroatoms. The molecule has 0 rings (SSSR count). The van der Waals surface area contributed by atoms with E-state index in [1.807, 2.05) is 0 Å². The third-order valence-corrected chi connectivity index (χ3v) is 0. The molecule has 0 aliphatic heterocycles. The van der Waals surface area contributed by atoms with Gasteiger partial charge in [-0.25, -0.2) is 0 Å². The molecule has 40 valence electrons. The van der Waals surface area contributed by atoms with Crippen molar-refractivity contribution < 1.29 is 16.4 Å². The maximum Gasteiger partial charge on any atom is 3.00 e. The van der Waals surface area contributed by atoms with E-state index in [9.17, 15) is 0 Å². The van der Waals surface area contributed by atoms with Crippen LogP contribution in [0.4, 0.5) is 0 Å². The summed E-state index contributed by atoms with van der Waals surface area (Å²) in [5.41, 5.74) is 0. The third kappa shape index (κ3) is 190. The second kappa shape index (κ2) is 275. The summed E-state index contributed by atoms with van der Waals surface area (Å²) in [6.45, 7) is 0. The average Bonchev–Trinajstić information content (AvgIpc) is 0. The van der Waals surface area contributed by atoms with Crippen LogP contribution in [0.5, 0.6) is 0 Å². The fraction of sp³-hybridized carbons (Fsp3) is 1.00. The van der Waals surface area contributed by atoms with E-state index >= 15 is 0 Å². The van der Waals surface area contributed by atoms with E-state index in [-0.39, 0.29) is 66.0 Å². The van der Waals surface area contributed by atoms with Crippen molar-refractivity contribution >= 4 is 34.7 Å². The van der Waals surface area contributed by atoms with Crippen LogP contribution in [0, 0.1) is 0 Å². The van der Waals surface area contributed by atoms with Gasteiger partial charge in [0.05, 0.1) is 0 Å². The topological polar surface area (TPSA) is 85.5 Å². The van der Waals surface area contributed by atoms with Gasteiger partial charge in [0.2, 0.25) is 0 Å². The molecule has 3 nitrogen and oxygen atoms in total. The van der Waals surface area contributed by atoms with E-state index in [1.54, 1.807) is 0 Å². The molecule has 0 fully saturated rings. The van der Waals surface area contributed by atoms with Gasteiger partial charge >= 0.3 is 34.7 Å².